The number of aliphatic hydroxyl groups excluding tert-OH is 4. The number of aliphatic hydroxyl groups is 4. The molecular weight excluding hydrogens is 240 g/mol. The van der Waals surface area contributed by atoms with Gasteiger partial charge < -0.3 is 25.7 Å². The summed E-state index contributed by atoms with van der Waals surface area (Å²) in [6.45, 7) is 1.41. The molecule has 5 N–H and O–H groups in total. The molecular formula is C11H20N2O5. The molecule has 0 bridgehead atoms. The van der Waals surface area contributed by atoms with Gasteiger partial charge >= 0.3 is 0 Å². The van der Waals surface area contributed by atoms with Crippen LogP contribution in [0, 0.1) is 0 Å². The first-order valence-corrected chi connectivity index (χ1v) is 6.14. The molecule has 0 aromatic carbocycles. The molecule has 1 amide bonds. The zero-order valence-electron chi connectivity index (χ0n) is 10.2. The first kappa shape index (κ1) is 13.7. The Morgan fingerprint density at radius 3 is 2.56 bits per heavy atom. The predicted molar refractivity (Wildman–Crippen MR) is 61.6 cm³/mol. The van der Waals surface area contributed by atoms with E-state index in [0.717, 1.165) is 0 Å². The minimum Gasteiger partial charge on any atom is -0.395 e. The van der Waals surface area contributed by atoms with Gasteiger partial charge in [0.05, 0.1) is 37.0 Å². The Bertz CT molecular complexity index is 327. The summed E-state index contributed by atoms with van der Waals surface area (Å²) < 4.78 is 0. The minimum atomic E-state index is -1.06. The van der Waals surface area contributed by atoms with Crippen molar-refractivity contribution in [2.75, 3.05) is 13.2 Å². The van der Waals surface area contributed by atoms with Crippen molar-refractivity contribution in [2.24, 2.45) is 0 Å². The molecule has 0 saturated carbocycles. The fourth-order valence-electron chi connectivity index (χ4n) is 3.13. The first-order valence-electron chi connectivity index (χ1n) is 6.14. The van der Waals surface area contributed by atoms with Gasteiger partial charge in [0.15, 0.2) is 0 Å². The lowest BCUT2D eigenvalue weighted by atomic mass is 10.0. The van der Waals surface area contributed by atoms with E-state index in [1.54, 1.807) is 4.90 Å². The zero-order chi connectivity index (χ0) is 13.4. The van der Waals surface area contributed by atoms with Gasteiger partial charge in [-0.15, -0.1) is 0 Å². The van der Waals surface area contributed by atoms with Crippen molar-refractivity contribution in [1.82, 2.24) is 10.2 Å². The molecule has 0 radical (unpaired) electrons. The molecule has 0 aromatic rings. The first-order chi connectivity index (χ1) is 8.47. The summed E-state index contributed by atoms with van der Waals surface area (Å²) in [7, 11) is 0. The minimum absolute atomic E-state index is 0.149. The van der Waals surface area contributed by atoms with Crippen LogP contribution in [0.25, 0.3) is 0 Å². The summed E-state index contributed by atoms with van der Waals surface area (Å²) >= 11 is 0. The summed E-state index contributed by atoms with van der Waals surface area (Å²) in [5.74, 6) is -0.222. The highest BCUT2D eigenvalue weighted by Crippen LogP contribution is 2.37. The molecule has 2 aliphatic rings. The van der Waals surface area contributed by atoms with E-state index in [0.29, 0.717) is 6.42 Å². The topological polar surface area (TPSA) is 113 Å². The molecule has 0 aliphatic carbocycles. The van der Waals surface area contributed by atoms with Crippen LogP contribution in [0.1, 0.15) is 13.3 Å². The molecule has 7 nitrogen and oxygen atoms in total. The SMILES string of the molecule is CC(=O)NC[C@@H]1[C@@H](O)[C@@H](O)C2[C@H](O)C[C@H](CO)N21. The Morgan fingerprint density at radius 1 is 1.33 bits per heavy atom. The molecule has 0 spiro atoms. The highest BCUT2D eigenvalue weighted by molar-refractivity contribution is 5.72. The Labute approximate surface area is 105 Å². The van der Waals surface area contributed by atoms with Crippen LogP contribution in [0.15, 0.2) is 0 Å². The van der Waals surface area contributed by atoms with Crippen LogP contribution in [0.3, 0.4) is 0 Å². The molecule has 2 saturated heterocycles. The van der Waals surface area contributed by atoms with Crippen molar-refractivity contribution in [1.29, 1.82) is 0 Å². The fourth-order valence-corrected chi connectivity index (χ4v) is 3.13. The quantitative estimate of drug-likeness (QED) is 0.370. The van der Waals surface area contributed by atoms with Gasteiger partial charge in [0.2, 0.25) is 5.91 Å². The Balaban J connectivity index is 2.15. The molecule has 18 heavy (non-hydrogen) atoms. The van der Waals surface area contributed by atoms with Gasteiger partial charge in [0, 0.05) is 19.5 Å². The van der Waals surface area contributed by atoms with Gasteiger partial charge in [-0.1, -0.05) is 0 Å². The number of hydrogen-bond acceptors (Lipinski definition) is 6. The van der Waals surface area contributed by atoms with Gasteiger partial charge in [-0.3, -0.25) is 9.69 Å². The molecule has 104 valence electrons. The fraction of sp³-hybridized carbons (Fsp3) is 0.909. The Hall–Kier alpha value is -0.730. The van der Waals surface area contributed by atoms with E-state index in [1.807, 2.05) is 0 Å². The van der Waals surface area contributed by atoms with Crippen molar-refractivity contribution < 1.29 is 25.2 Å². The number of amides is 1. The van der Waals surface area contributed by atoms with E-state index >= 15 is 0 Å². The second kappa shape index (κ2) is 5.10. The van der Waals surface area contributed by atoms with Crippen LogP contribution in [0.4, 0.5) is 0 Å². The number of carbonyl (C=O) groups is 1. The van der Waals surface area contributed by atoms with Crippen LogP contribution < -0.4 is 5.32 Å². The lowest BCUT2D eigenvalue weighted by molar-refractivity contribution is -0.119. The van der Waals surface area contributed by atoms with Crippen LogP contribution in [-0.4, -0.2) is 80.8 Å². The second-order valence-corrected chi connectivity index (χ2v) is 5.06. The Kier molecular flexibility index (Phi) is 3.88. The maximum atomic E-state index is 10.9. The molecule has 2 heterocycles. The second-order valence-electron chi connectivity index (χ2n) is 5.06. The van der Waals surface area contributed by atoms with Gasteiger partial charge in [-0.05, 0) is 6.42 Å². The summed E-state index contributed by atoms with van der Waals surface area (Å²) in [5, 5.41) is 41.7. The average Bonchev–Trinajstić information content (AvgIpc) is 2.76. The summed E-state index contributed by atoms with van der Waals surface area (Å²) in [5.41, 5.74) is 0. The third-order valence-corrected chi connectivity index (χ3v) is 3.92. The summed E-state index contributed by atoms with van der Waals surface area (Å²) in [6.07, 6.45) is -2.50. The van der Waals surface area contributed by atoms with Crippen molar-refractivity contribution in [3.63, 3.8) is 0 Å². The lowest BCUT2D eigenvalue weighted by Gasteiger charge is -2.29. The molecule has 7 heteroatoms. The third kappa shape index (κ3) is 2.12. The van der Waals surface area contributed by atoms with Crippen LogP contribution in [-0.2, 0) is 4.79 Å². The molecule has 0 aromatic heterocycles. The lowest BCUT2D eigenvalue weighted by Crippen LogP contribution is -2.49. The zero-order valence-corrected chi connectivity index (χ0v) is 10.2. The average molecular weight is 260 g/mol. The molecule has 2 aliphatic heterocycles. The highest BCUT2D eigenvalue weighted by Gasteiger charge is 2.56. The van der Waals surface area contributed by atoms with Gasteiger partial charge in [0.25, 0.3) is 0 Å². The van der Waals surface area contributed by atoms with E-state index in [2.05, 4.69) is 5.32 Å². The number of carbonyl (C=O) groups excluding carboxylic acids is 1. The highest BCUT2D eigenvalue weighted by atomic mass is 16.3. The van der Waals surface area contributed by atoms with E-state index in [1.165, 1.54) is 6.92 Å². The maximum Gasteiger partial charge on any atom is 0.216 e. The number of nitrogens with one attached hydrogen (secondary N) is 1. The monoisotopic (exact) mass is 260 g/mol. The van der Waals surface area contributed by atoms with Crippen LogP contribution in [0.2, 0.25) is 0 Å². The standard InChI is InChI=1S/C11H20N2O5/c1-5(15)12-3-7-10(17)11(18)9-8(16)2-6(4-14)13(7)9/h6-11,14,16-18H,2-4H2,1H3,(H,12,15)/t6-,7-,8-,9?,10-,11+/m1/s1. The maximum absolute atomic E-state index is 10.9. The van der Waals surface area contributed by atoms with Gasteiger partial charge in [-0.2, -0.15) is 0 Å². The van der Waals surface area contributed by atoms with Gasteiger partial charge in [-0.25, -0.2) is 0 Å². The van der Waals surface area contributed by atoms with Crippen LogP contribution in [0.5, 0.6) is 0 Å². The van der Waals surface area contributed by atoms with Gasteiger partial charge in [0.1, 0.15) is 0 Å². The number of rotatable bonds is 3. The van der Waals surface area contributed by atoms with Crippen molar-refractivity contribution >= 4 is 5.91 Å². The van der Waals surface area contributed by atoms with E-state index in [4.69, 9.17) is 0 Å². The van der Waals surface area contributed by atoms with Crippen molar-refractivity contribution in [3.05, 3.63) is 0 Å². The normalized spacial score (nSPS) is 44.1. The van der Waals surface area contributed by atoms with Crippen molar-refractivity contribution in [2.45, 2.75) is 49.8 Å². The number of fused-ring (bicyclic) bond motifs is 1. The summed E-state index contributed by atoms with van der Waals surface area (Å²) in [4.78, 5) is 12.7. The van der Waals surface area contributed by atoms with E-state index in [9.17, 15) is 25.2 Å². The summed E-state index contributed by atoms with van der Waals surface area (Å²) in [6, 6.07) is -1.35. The molecule has 6 atom stereocenters. The molecule has 2 rings (SSSR count). The predicted octanol–water partition coefficient (Wildman–Crippen LogP) is -2.98. The molecule has 2 fully saturated rings. The Morgan fingerprint density at radius 2 is 2.00 bits per heavy atom. The smallest absolute Gasteiger partial charge is 0.216 e. The third-order valence-electron chi connectivity index (χ3n) is 3.92. The van der Waals surface area contributed by atoms with Crippen molar-refractivity contribution in [3.8, 4) is 0 Å². The van der Waals surface area contributed by atoms with E-state index < -0.39 is 30.4 Å². The molecule has 1 unspecified atom stereocenters. The van der Waals surface area contributed by atoms with E-state index in [-0.39, 0.29) is 25.1 Å². The van der Waals surface area contributed by atoms with Crippen LogP contribution >= 0.6 is 0 Å². The largest absolute Gasteiger partial charge is 0.395 e. The number of hydrogen-bond donors (Lipinski definition) is 5. The number of nitrogens with zero attached hydrogens (tertiary/aromatic N) is 1.